The van der Waals surface area contributed by atoms with E-state index in [2.05, 4.69) is 121 Å². The third-order valence-electron chi connectivity index (χ3n) is 6.76. The molecule has 0 saturated carbocycles. The molecule has 1 aliphatic rings. The maximum absolute atomic E-state index is 2.43. The van der Waals surface area contributed by atoms with E-state index in [1.807, 2.05) is 0 Å². The van der Waals surface area contributed by atoms with Crippen molar-refractivity contribution >= 4 is 38.9 Å². The van der Waals surface area contributed by atoms with Crippen molar-refractivity contribution in [2.24, 2.45) is 7.05 Å². The van der Waals surface area contributed by atoms with E-state index in [4.69, 9.17) is 0 Å². The zero-order valence-corrected chi connectivity index (χ0v) is 17.6. The van der Waals surface area contributed by atoms with Crippen LogP contribution < -0.4 is 4.90 Å². The summed E-state index contributed by atoms with van der Waals surface area (Å²) in [4.78, 5) is 2.43. The predicted molar refractivity (Wildman–Crippen MR) is 127 cm³/mol. The number of hydrogen-bond donors (Lipinski definition) is 0. The quantitative estimate of drug-likeness (QED) is 0.290. The van der Waals surface area contributed by atoms with Crippen LogP contribution in [0.25, 0.3) is 21.8 Å². The van der Waals surface area contributed by atoms with Gasteiger partial charge < -0.3 is 9.47 Å². The highest BCUT2D eigenvalue weighted by atomic mass is 15.2. The van der Waals surface area contributed by atoms with Crippen LogP contribution >= 0.6 is 0 Å². The molecule has 30 heavy (non-hydrogen) atoms. The Labute approximate surface area is 177 Å². The largest absolute Gasteiger partial charge is 0.344 e. The first kappa shape index (κ1) is 17.3. The Morgan fingerprint density at radius 2 is 1.33 bits per heavy atom. The molecule has 0 fully saturated rings. The van der Waals surface area contributed by atoms with E-state index in [0.717, 1.165) is 0 Å². The lowest BCUT2D eigenvalue weighted by atomic mass is 9.72. The lowest BCUT2D eigenvalue weighted by Gasteiger charge is -2.42. The molecule has 0 aliphatic carbocycles. The van der Waals surface area contributed by atoms with E-state index >= 15 is 0 Å². The lowest BCUT2D eigenvalue weighted by molar-refractivity contribution is 0.638. The van der Waals surface area contributed by atoms with Crippen LogP contribution in [-0.2, 0) is 12.5 Å². The summed E-state index contributed by atoms with van der Waals surface area (Å²) in [6, 6.07) is 32.9. The Kier molecular flexibility index (Phi) is 3.47. The number of aromatic nitrogens is 1. The fourth-order valence-corrected chi connectivity index (χ4v) is 5.38. The molecule has 6 rings (SSSR count). The maximum Gasteiger partial charge on any atom is 0.0510 e. The Bertz CT molecular complexity index is 1420. The number of anilines is 3. The molecule has 5 aromatic rings. The Morgan fingerprint density at radius 1 is 0.633 bits per heavy atom. The van der Waals surface area contributed by atoms with E-state index in [1.54, 1.807) is 0 Å². The molecule has 1 aromatic heterocycles. The molecule has 0 spiro atoms. The van der Waals surface area contributed by atoms with Crippen molar-refractivity contribution in [3.8, 4) is 0 Å². The molecule has 0 amide bonds. The van der Waals surface area contributed by atoms with E-state index in [9.17, 15) is 0 Å². The average Bonchev–Trinajstić information content (AvgIpc) is 3.07. The maximum atomic E-state index is 2.43. The number of aryl methyl sites for hydroxylation is 1. The van der Waals surface area contributed by atoms with Gasteiger partial charge in [-0.05, 0) is 47.5 Å². The van der Waals surface area contributed by atoms with Gasteiger partial charge in [0, 0.05) is 40.0 Å². The molecule has 1 aliphatic heterocycles. The average molecular weight is 389 g/mol. The number of benzene rings is 4. The van der Waals surface area contributed by atoms with Crippen LogP contribution in [0.1, 0.15) is 25.0 Å². The molecular formula is C28H24N2. The molecule has 0 atom stereocenters. The van der Waals surface area contributed by atoms with E-state index in [1.165, 1.54) is 50.0 Å². The molecule has 0 saturated heterocycles. The number of fused-ring (bicyclic) bond motifs is 6. The van der Waals surface area contributed by atoms with E-state index in [0.29, 0.717) is 0 Å². The fraction of sp³-hybridized carbons (Fsp3) is 0.143. The van der Waals surface area contributed by atoms with Gasteiger partial charge in [0.05, 0.1) is 11.4 Å². The van der Waals surface area contributed by atoms with Crippen molar-refractivity contribution in [1.29, 1.82) is 0 Å². The van der Waals surface area contributed by atoms with Gasteiger partial charge in [-0.15, -0.1) is 0 Å². The van der Waals surface area contributed by atoms with Crippen LogP contribution in [0.4, 0.5) is 17.1 Å². The fourth-order valence-electron chi connectivity index (χ4n) is 5.38. The normalized spacial score (nSPS) is 14.7. The minimum absolute atomic E-state index is 0.110. The molecule has 0 unspecified atom stereocenters. The zero-order valence-electron chi connectivity index (χ0n) is 17.6. The summed E-state index contributed by atoms with van der Waals surface area (Å²) in [5.41, 5.74) is 8.95. The third-order valence-corrected chi connectivity index (χ3v) is 6.76. The molecule has 4 aromatic carbocycles. The van der Waals surface area contributed by atoms with Crippen molar-refractivity contribution < 1.29 is 0 Å². The molecule has 2 heteroatoms. The van der Waals surface area contributed by atoms with Gasteiger partial charge in [-0.25, -0.2) is 0 Å². The third kappa shape index (κ3) is 2.14. The highest BCUT2D eigenvalue weighted by Gasteiger charge is 2.38. The van der Waals surface area contributed by atoms with Crippen LogP contribution in [0.15, 0.2) is 91.0 Å². The second kappa shape index (κ2) is 5.99. The van der Waals surface area contributed by atoms with Crippen molar-refractivity contribution in [2.75, 3.05) is 4.90 Å². The summed E-state index contributed by atoms with van der Waals surface area (Å²) in [5.74, 6) is 0. The monoisotopic (exact) mass is 388 g/mol. The molecule has 0 radical (unpaired) electrons. The second-order valence-electron chi connectivity index (χ2n) is 8.74. The first-order valence-electron chi connectivity index (χ1n) is 10.5. The van der Waals surface area contributed by atoms with Crippen LogP contribution in [0.3, 0.4) is 0 Å². The van der Waals surface area contributed by atoms with Crippen molar-refractivity contribution in [3.05, 3.63) is 102 Å². The van der Waals surface area contributed by atoms with Crippen LogP contribution in [0, 0.1) is 0 Å². The number of rotatable bonds is 1. The molecule has 2 heterocycles. The Hall–Kier alpha value is -3.52. The van der Waals surface area contributed by atoms with Gasteiger partial charge in [-0.3, -0.25) is 0 Å². The first-order valence-corrected chi connectivity index (χ1v) is 10.5. The van der Waals surface area contributed by atoms with Crippen LogP contribution in [0.2, 0.25) is 0 Å². The molecule has 2 nitrogen and oxygen atoms in total. The van der Waals surface area contributed by atoms with Crippen LogP contribution in [-0.4, -0.2) is 4.57 Å². The lowest BCUT2D eigenvalue weighted by Crippen LogP contribution is -2.30. The van der Waals surface area contributed by atoms with Crippen LogP contribution in [0.5, 0.6) is 0 Å². The highest BCUT2D eigenvalue weighted by Crippen LogP contribution is 2.54. The van der Waals surface area contributed by atoms with E-state index < -0.39 is 0 Å². The van der Waals surface area contributed by atoms with Crippen molar-refractivity contribution in [1.82, 2.24) is 4.57 Å². The number of nitrogens with zero attached hydrogens (tertiary/aromatic N) is 2. The standard InChI is InChI=1S/C28H24N2/c1-28(2)21-14-8-10-16-23(21)30(19-11-5-4-6-12-19)25-18-17-24-26(27(25)28)20-13-7-9-15-22(20)29(24)3/h4-18H,1-3H3. The van der Waals surface area contributed by atoms with Gasteiger partial charge >= 0.3 is 0 Å². The second-order valence-corrected chi connectivity index (χ2v) is 8.74. The summed E-state index contributed by atoms with van der Waals surface area (Å²) < 4.78 is 2.33. The van der Waals surface area contributed by atoms with E-state index in [-0.39, 0.29) is 5.41 Å². The molecule has 0 N–H and O–H groups in total. The van der Waals surface area contributed by atoms with Gasteiger partial charge in [0.1, 0.15) is 0 Å². The van der Waals surface area contributed by atoms with Crippen molar-refractivity contribution in [2.45, 2.75) is 19.3 Å². The topological polar surface area (TPSA) is 8.17 Å². The van der Waals surface area contributed by atoms with Gasteiger partial charge in [-0.2, -0.15) is 0 Å². The summed E-state index contributed by atoms with van der Waals surface area (Å²) >= 11 is 0. The van der Waals surface area contributed by atoms with Gasteiger partial charge in [0.25, 0.3) is 0 Å². The van der Waals surface area contributed by atoms with Crippen molar-refractivity contribution in [3.63, 3.8) is 0 Å². The summed E-state index contributed by atoms with van der Waals surface area (Å²) in [7, 11) is 2.18. The number of hydrogen-bond acceptors (Lipinski definition) is 1. The molecule has 146 valence electrons. The zero-order chi connectivity index (χ0) is 20.5. The smallest absolute Gasteiger partial charge is 0.0510 e. The predicted octanol–water partition coefficient (Wildman–Crippen LogP) is 7.44. The SMILES string of the molecule is Cn1c2ccccc2c2c3c(ccc21)N(c1ccccc1)c1ccccc1C3(C)C. The van der Waals surface area contributed by atoms with Gasteiger partial charge in [0.2, 0.25) is 0 Å². The van der Waals surface area contributed by atoms with Gasteiger partial charge in [0.15, 0.2) is 0 Å². The highest BCUT2D eigenvalue weighted by molar-refractivity contribution is 6.13. The minimum Gasteiger partial charge on any atom is -0.344 e. The summed E-state index contributed by atoms with van der Waals surface area (Å²) in [6.45, 7) is 4.74. The Morgan fingerprint density at radius 3 is 2.17 bits per heavy atom. The minimum atomic E-state index is -0.110. The first-order chi connectivity index (χ1) is 14.6. The molecule has 0 bridgehead atoms. The Balaban J connectivity index is 1.81. The summed E-state index contributed by atoms with van der Waals surface area (Å²) in [5, 5.41) is 2.69. The van der Waals surface area contributed by atoms with Gasteiger partial charge in [-0.1, -0.05) is 68.4 Å². The molecular weight excluding hydrogens is 364 g/mol. The number of para-hydroxylation sites is 3. The summed E-state index contributed by atoms with van der Waals surface area (Å²) in [6.07, 6.45) is 0.